The molecule has 2 aliphatic rings. The number of carbonyl (C=O) groups excluding carboxylic acids is 1. The van der Waals surface area contributed by atoms with Crippen LogP contribution >= 0.6 is 0 Å². The summed E-state index contributed by atoms with van der Waals surface area (Å²) < 4.78 is 20.7. The first-order valence-electron chi connectivity index (χ1n) is 10.5. The number of hydrogen-bond acceptors (Lipinski definition) is 4. The molecule has 6 nitrogen and oxygen atoms in total. The Balaban J connectivity index is 1.43. The molecule has 1 saturated carbocycles. The van der Waals surface area contributed by atoms with E-state index >= 15 is 0 Å². The lowest BCUT2D eigenvalue weighted by atomic mass is 9.84. The van der Waals surface area contributed by atoms with Gasteiger partial charge in [0.1, 0.15) is 11.6 Å². The van der Waals surface area contributed by atoms with Gasteiger partial charge in [-0.15, -0.1) is 0 Å². The van der Waals surface area contributed by atoms with Crippen molar-refractivity contribution in [1.29, 1.82) is 0 Å². The molecular formula is C22H29FN4O2. The highest BCUT2D eigenvalue weighted by molar-refractivity contribution is 5.79. The van der Waals surface area contributed by atoms with E-state index in [0.29, 0.717) is 19.6 Å². The Morgan fingerprint density at radius 3 is 2.66 bits per heavy atom. The second kappa shape index (κ2) is 9.50. The van der Waals surface area contributed by atoms with Gasteiger partial charge >= 0.3 is 0 Å². The molecule has 0 unspecified atom stereocenters. The first kappa shape index (κ1) is 20.0. The van der Waals surface area contributed by atoms with E-state index in [0.717, 1.165) is 63.5 Å². The van der Waals surface area contributed by atoms with Crippen molar-refractivity contribution >= 4 is 5.91 Å². The predicted octanol–water partition coefficient (Wildman–Crippen LogP) is 2.53. The van der Waals surface area contributed by atoms with E-state index in [4.69, 9.17) is 4.74 Å². The van der Waals surface area contributed by atoms with Crippen LogP contribution in [0.2, 0.25) is 0 Å². The summed E-state index contributed by atoms with van der Waals surface area (Å²) in [6.45, 7) is 6.06. The second-order valence-electron chi connectivity index (χ2n) is 7.94. The molecule has 1 aliphatic carbocycles. The molecule has 0 N–H and O–H groups in total. The van der Waals surface area contributed by atoms with Crippen molar-refractivity contribution in [3.8, 4) is 0 Å². The fraction of sp³-hybridized carbons (Fsp3) is 0.545. The van der Waals surface area contributed by atoms with Crippen LogP contribution in [0.5, 0.6) is 0 Å². The van der Waals surface area contributed by atoms with E-state index < -0.39 is 0 Å². The Hall–Kier alpha value is -2.25. The third-order valence-corrected chi connectivity index (χ3v) is 5.96. The molecule has 0 spiro atoms. The topological polar surface area (TPSA) is 50.6 Å². The summed E-state index contributed by atoms with van der Waals surface area (Å²) in [6.07, 6.45) is 6.83. The summed E-state index contributed by atoms with van der Waals surface area (Å²) in [6, 6.07) is 6.52. The molecule has 7 heteroatoms. The third-order valence-electron chi connectivity index (χ3n) is 5.96. The quantitative estimate of drug-likeness (QED) is 0.683. The molecule has 1 saturated heterocycles. The van der Waals surface area contributed by atoms with Gasteiger partial charge in [0.15, 0.2) is 0 Å². The highest BCUT2D eigenvalue weighted by atomic mass is 19.1. The van der Waals surface area contributed by atoms with Gasteiger partial charge in [-0.1, -0.05) is 18.6 Å². The molecule has 4 rings (SSSR count). The van der Waals surface area contributed by atoms with Crippen LogP contribution < -0.4 is 0 Å². The summed E-state index contributed by atoms with van der Waals surface area (Å²) in [5.41, 5.74) is 1.01. The van der Waals surface area contributed by atoms with Crippen LogP contribution in [0.15, 0.2) is 36.7 Å². The van der Waals surface area contributed by atoms with Crippen molar-refractivity contribution in [3.05, 3.63) is 53.9 Å². The standard InChI is InChI=1S/C22H29FN4O2/c23-20-6-4-18(5-7-20)16-26-9-8-24-21(26)17-27(22(28)19-2-1-3-19)11-10-25-12-14-29-15-13-25/h4-9,19H,1-3,10-17H2. The lowest BCUT2D eigenvalue weighted by Crippen LogP contribution is -2.45. The fourth-order valence-electron chi connectivity index (χ4n) is 3.86. The summed E-state index contributed by atoms with van der Waals surface area (Å²) in [5, 5.41) is 0. The number of ether oxygens (including phenoxy) is 1. The van der Waals surface area contributed by atoms with Crippen LogP contribution in [0, 0.1) is 11.7 Å². The van der Waals surface area contributed by atoms with Crippen molar-refractivity contribution < 1.29 is 13.9 Å². The minimum absolute atomic E-state index is 0.167. The maximum atomic E-state index is 13.2. The lowest BCUT2D eigenvalue weighted by molar-refractivity contribution is -0.139. The number of rotatable bonds is 8. The minimum Gasteiger partial charge on any atom is -0.379 e. The van der Waals surface area contributed by atoms with Gasteiger partial charge in [-0.05, 0) is 30.5 Å². The molecule has 2 heterocycles. The van der Waals surface area contributed by atoms with Crippen LogP contribution in [0.25, 0.3) is 0 Å². The lowest BCUT2D eigenvalue weighted by Gasteiger charge is -2.34. The molecule has 0 bridgehead atoms. The first-order valence-corrected chi connectivity index (χ1v) is 10.5. The zero-order valence-corrected chi connectivity index (χ0v) is 16.8. The van der Waals surface area contributed by atoms with E-state index in [1.165, 1.54) is 12.1 Å². The number of morpholine rings is 1. The molecule has 0 atom stereocenters. The van der Waals surface area contributed by atoms with E-state index in [1.807, 2.05) is 15.7 Å². The van der Waals surface area contributed by atoms with Gasteiger partial charge in [0.2, 0.25) is 5.91 Å². The van der Waals surface area contributed by atoms with Crippen molar-refractivity contribution in [2.75, 3.05) is 39.4 Å². The van der Waals surface area contributed by atoms with Gasteiger partial charge in [0, 0.05) is 51.0 Å². The molecule has 29 heavy (non-hydrogen) atoms. The molecule has 156 valence electrons. The molecule has 0 radical (unpaired) electrons. The number of nitrogens with zero attached hydrogens (tertiary/aromatic N) is 4. The number of halogens is 1. The first-order chi connectivity index (χ1) is 14.2. The highest BCUT2D eigenvalue weighted by Crippen LogP contribution is 2.28. The zero-order chi connectivity index (χ0) is 20.1. The molecule has 2 aromatic rings. The van der Waals surface area contributed by atoms with Crippen molar-refractivity contribution in [2.24, 2.45) is 5.92 Å². The highest BCUT2D eigenvalue weighted by Gasteiger charge is 2.30. The zero-order valence-electron chi connectivity index (χ0n) is 16.8. The molecule has 1 aliphatic heterocycles. The average Bonchev–Trinajstić information content (AvgIpc) is 3.13. The largest absolute Gasteiger partial charge is 0.379 e. The van der Waals surface area contributed by atoms with Gasteiger partial charge in [-0.25, -0.2) is 9.37 Å². The van der Waals surface area contributed by atoms with Gasteiger partial charge < -0.3 is 14.2 Å². The number of aromatic nitrogens is 2. The number of carbonyl (C=O) groups is 1. The van der Waals surface area contributed by atoms with Gasteiger partial charge in [-0.2, -0.15) is 0 Å². The van der Waals surface area contributed by atoms with Crippen molar-refractivity contribution in [3.63, 3.8) is 0 Å². The molecule has 1 aromatic carbocycles. The minimum atomic E-state index is -0.236. The molecule has 1 amide bonds. The maximum Gasteiger partial charge on any atom is 0.226 e. The normalized spacial score (nSPS) is 17.8. The van der Waals surface area contributed by atoms with Crippen LogP contribution in [-0.4, -0.2) is 64.7 Å². The number of imidazole rings is 1. The van der Waals surface area contributed by atoms with Crippen LogP contribution in [0.1, 0.15) is 30.7 Å². The van der Waals surface area contributed by atoms with Crippen LogP contribution in [0.4, 0.5) is 4.39 Å². The van der Waals surface area contributed by atoms with E-state index in [9.17, 15) is 9.18 Å². The number of amides is 1. The maximum absolute atomic E-state index is 13.2. The van der Waals surface area contributed by atoms with Crippen LogP contribution in [-0.2, 0) is 22.6 Å². The van der Waals surface area contributed by atoms with Crippen molar-refractivity contribution in [1.82, 2.24) is 19.4 Å². The smallest absolute Gasteiger partial charge is 0.226 e. The van der Waals surface area contributed by atoms with Crippen molar-refractivity contribution in [2.45, 2.75) is 32.4 Å². The van der Waals surface area contributed by atoms with Gasteiger partial charge in [0.05, 0.1) is 19.8 Å². The monoisotopic (exact) mass is 400 g/mol. The Morgan fingerprint density at radius 1 is 1.21 bits per heavy atom. The fourth-order valence-corrected chi connectivity index (χ4v) is 3.86. The Labute approximate surface area is 171 Å². The SMILES string of the molecule is O=C(C1CCC1)N(CCN1CCOCC1)Cc1nccn1Cc1ccc(F)cc1. The Bertz CT molecular complexity index is 797. The van der Waals surface area contributed by atoms with E-state index in [-0.39, 0.29) is 17.6 Å². The van der Waals surface area contributed by atoms with Gasteiger partial charge in [0.25, 0.3) is 0 Å². The Kier molecular flexibility index (Phi) is 6.56. The molecule has 2 fully saturated rings. The van der Waals surface area contributed by atoms with E-state index in [2.05, 4.69) is 9.88 Å². The second-order valence-corrected chi connectivity index (χ2v) is 7.94. The average molecular weight is 400 g/mol. The summed E-state index contributed by atoms with van der Waals surface area (Å²) in [7, 11) is 0. The number of benzene rings is 1. The summed E-state index contributed by atoms with van der Waals surface area (Å²) in [5.74, 6) is 1.05. The predicted molar refractivity (Wildman–Crippen MR) is 108 cm³/mol. The Morgan fingerprint density at radius 2 is 1.97 bits per heavy atom. The number of hydrogen-bond donors (Lipinski definition) is 0. The molecule has 1 aromatic heterocycles. The molecular weight excluding hydrogens is 371 g/mol. The van der Waals surface area contributed by atoms with Gasteiger partial charge in [-0.3, -0.25) is 9.69 Å². The summed E-state index contributed by atoms with van der Waals surface area (Å²) in [4.78, 5) is 21.9. The van der Waals surface area contributed by atoms with E-state index in [1.54, 1.807) is 18.3 Å². The van der Waals surface area contributed by atoms with Crippen LogP contribution in [0.3, 0.4) is 0 Å². The third kappa shape index (κ3) is 5.22. The summed E-state index contributed by atoms with van der Waals surface area (Å²) >= 11 is 0.